The van der Waals surface area contributed by atoms with Gasteiger partial charge in [-0.1, -0.05) is 74.5 Å². The molecule has 184 valence electrons. The third-order valence-electron chi connectivity index (χ3n) is 6.24. The SMILES string of the molecule is CCN(CC(=O)Nc1nc(-c2ccccc2)cn1-c1ccc(C(C)C)cc1)C(=O)c1ccccc1C. The van der Waals surface area contributed by atoms with Gasteiger partial charge in [0, 0.05) is 29.6 Å². The van der Waals surface area contributed by atoms with Crippen LogP contribution in [0, 0.1) is 6.92 Å². The number of imidazole rings is 1. The third kappa shape index (κ3) is 5.54. The van der Waals surface area contributed by atoms with Crippen molar-refractivity contribution in [2.24, 2.45) is 0 Å². The number of hydrogen-bond acceptors (Lipinski definition) is 3. The molecule has 0 bridgehead atoms. The van der Waals surface area contributed by atoms with Gasteiger partial charge in [-0.05, 0) is 49.1 Å². The highest BCUT2D eigenvalue weighted by molar-refractivity contribution is 5.99. The normalized spacial score (nSPS) is 10.9. The van der Waals surface area contributed by atoms with E-state index in [0.29, 0.717) is 24.0 Å². The Hall–Kier alpha value is -4.19. The molecular formula is C30H32N4O2. The molecule has 0 aliphatic heterocycles. The number of likely N-dealkylation sites (N-methyl/N-ethyl adjacent to an activating group) is 1. The summed E-state index contributed by atoms with van der Waals surface area (Å²) in [6.45, 7) is 8.43. The van der Waals surface area contributed by atoms with Crippen molar-refractivity contribution in [2.45, 2.75) is 33.6 Å². The van der Waals surface area contributed by atoms with E-state index in [1.165, 1.54) is 5.56 Å². The minimum atomic E-state index is -0.302. The van der Waals surface area contributed by atoms with E-state index in [9.17, 15) is 9.59 Å². The summed E-state index contributed by atoms with van der Waals surface area (Å²) in [6.07, 6.45) is 1.92. The third-order valence-corrected chi connectivity index (χ3v) is 6.24. The minimum absolute atomic E-state index is 0.0660. The van der Waals surface area contributed by atoms with Gasteiger partial charge in [0.15, 0.2) is 0 Å². The van der Waals surface area contributed by atoms with Gasteiger partial charge >= 0.3 is 0 Å². The molecule has 3 aromatic carbocycles. The molecule has 6 heteroatoms. The van der Waals surface area contributed by atoms with Crippen molar-refractivity contribution in [3.63, 3.8) is 0 Å². The van der Waals surface area contributed by atoms with Gasteiger partial charge in [0.1, 0.15) is 6.54 Å². The maximum Gasteiger partial charge on any atom is 0.254 e. The van der Waals surface area contributed by atoms with Gasteiger partial charge < -0.3 is 4.90 Å². The summed E-state index contributed by atoms with van der Waals surface area (Å²) < 4.78 is 1.88. The number of hydrogen-bond donors (Lipinski definition) is 1. The lowest BCUT2D eigenvalue weighted by Crippen LogP contribution is -2.38. The minimum Gasteiger partial charge on any atom is -0.330 e. The van der Waals surface area contributed by atoms with Gasteiger partial charge in [-0.15, -0.1) is 0 Å². The number of nitrogens with one attached hydrogen (secondary N) is 1. The summed E-state index contributed by atoms with van der Waals surface area (Å²) in [6, 6.07) is 25.5. The summed E-state index contributed by atoms with van der Waals surface area (Å²) in [5, 5.41) is 2.94. The molecule has 2 amide bonds. The molecule has 0 saturated carbocycles. The predicted molar refractivity (Wildman–Crippen MR) is 144 cm³/mol. The first-order valence-corrected chi connectivity index (χ1v) is 12.3. The van der Waals surface area contributed by atoms with Crippen LogP contribution in [-0.4, -0.2) is 39.4 Å². The average Bonchev–Trinajstić information content (AvgIpc) is 3.31. The zero-order valence-electron chi connectivity index (χ0n) is 21.2. The molecule has 36 heavy (non-hydrogen) atoms. The molecule has 1 N–H and O–H groups in total. The van der Waals surface area contributed by atoms with Crippen molar-refractivity contribution in [3.05, 3.63) is 102 Å². The fraction of sp³-hybridized carbons (Fsp3) is 0.233. The van der Waals surface area contributed by atoms with Gasteiger partial charge in [-0.3, -0.25) is 19.5 Å². The van der Waals surface area contributed by atoms with Crippen molar-refractivity contribution < 1.29 is 9.59 Å². The van der Waals surface area contributed by atoms with Crippen LogP contribution in [0.1, 0.15) is 48.2 Å². The highest BCUT2D eigenvalue weighted by Crippen LogP contribution is 2.25. The topological polar surface area (TPSA) is 67.2 Å². The Bertz CT molecular complexity index is 1340. The van der Waals surface area contributed by atoms with E-state index < -0.39 is 0 Å². The number of aryl methyl sites for hydroxylation is 1. The number of benzene rings is 3. The van der Waals surface area contributed by atoms with Crippen LogP contribution in [0.15, 0.2) is 85.1 Å². The maximum absolute atomic E-state index is 13.1. The summed E-state index contributed by atoms with van der Waals surface area (Å²) in [5.74, 6) is 0.370. The molecule has 0 aliphatic rings. The van der Waals surface area contributed by atoms with Crippen LogP contribution in [0.2, 0.25) is 0 Å². The number of nitrogens with zero attached hydrogens (tertiary/aromatic N) is 3. The Morgan fingerprint density at radius 2 is 1.61 bits per heavy atom. The van der Waals surface area contributed by atoms with E-state index in [2.05, 4.69) is 31.3 Å². The number of aromatic nitrogens is 2. The lowest BCUT2D eigenvalue weighted by Gasteiger charge is -2.21. The van der Waals surface area contributed by atoms with Crippen LogP contribution in [0.25, 0.3) is 16.9 Å². The van der Waals surface area contributed by atoms with Crippen LogP contribution in [-0.2, 0) is 4.79 Å². The number of carbonyl (C=O) groups excluding carboxylic acids is 2. The zero-order chi connectivity index (χ0) is 25.7. The summed E-state index contributed by atoms with van der Waals surface area (Å²) >= 11 is 0. The second kappa shape index (κ2) is 11.0. The standard InChI is InChI=1S/C30H32N4O2/c1-5-33(29(36)26-14-10-9-11-22(26)4)20-28(35)32-30-31-27(24-12-7-6-8-13-24)19-34(30)25-17-15-23(16-18-25)21(2)3/h6-19,21H,5,20H2,1-4H3,(H,31,32,35). The molecule has 0 atom stereocenters. The first-order chi connectivity index (χ1) is 17.4. The molecule has 0 unspecified atom stereocenters. The largest absolute Gasteiger partial charge is 0.330 e. The molecule has 1 aromatic heterocycles. The molecule has 0 spiro atoms. The molecule has 0 fully saturated rings. The number of rotatable bonds is 8. The Morgan fingerprint density at radius 3 is 2.25 bits per heavy atom. The molecule has 0 radical (unpaired) electrons. The lowest BCUT2D eigenvalue weighted by atomic mass is 10.0. The smallest absolute Gasteiger partial charge is 0.254 e. The Balaban J connectivity index is 1.61. The zero-order valence-corrected chi connectivity index (χ0v) is 21.2. The first-order valence-electron chi connectivity index (χ1n) is 12.3. The molecule has 0 saturated heterocycles. The highest BCUT2D eigenvalue weighted by atomic mass is 16.2. The second-order valence-corrected chi connectivity index (χ2v) is 9.11. The van der Waals surface area contributed by atoms with Crippen LogP contribution in [0.3, 0.4) is 0 Å². The molecule has 4 aromatic rings. The van der Waals surface area contributed by atoms with Gasteiger partial charge in [-0.2, -0.15) is 0 Å². The summed E-state index contributed by atoms with van der Waals surface area (Å²) in [5.41, 5.74) is 5.32. The maximum atomic E-state index is 13.1. The molecular weight excluding hydrogens is 448 g/mol. The highest BCUT2D eigenvalue weighted by Gasteiger charge is 2.21. The molecule has 0 aliphatic carbocycles. The number of carbonyl (C=O) groups is 2. The lowest BCUT2D eigenvalue weighted by molar-refractivity contribution is -0.116. The van der Waals surface area contributed by atoms with E-state index >= 15 is 0 Å². The van der Waals surface area contributed by atoms with Crippen molar-refractivity contribution >= 4 is 17.8 Å². The Labute approximate surface area is 212 Å². The van der Waals surface area contributed by atoms with E-state index in [1.54, 1.807) is 11.0 Å². The fourth-order valence-electron chi connectivity index (χ4n) is 4.08. The Kier molecular flexibility index (Phi) is 7.64. The van der Waals surface area contributed by atoms with Gasteiger partial charge in [0.25, 0.3) is 5.91 Å². The van der Waals surface area contributed by atoms with E-state index in [1.807, 2.05) is 85.3 Å². The van der Waals surface area contributed by atoms with E-state index in [-0.39, 0.29) is 18.4 Å². The van der Waals surface area contributed by atoms with Gasteiger partial charge in [0.2, 0.25) is 11.9 Å². The van der Waals surface area contributed by atoms with Crippen LogP contribution >= 0.6 is 0 Å². The number of amides is 2. The monoisotopic (exact) mass is 480 g/mol. The Morgan fingerprint density at radius 1 is 0.944 bits per heavy atom. The van der Waals surface area contributed by atoms with Crippen molar-refractivity contribution in [2.75, 3.05) is 18.4 Å². The fourth-order valence-corrected chi connectivity index (χ4v) is 4.08. The van der Waals surface area contributed by atoms with Crippen molar-refractivity contribution in [1.29, 1.82) is 0 Å². The van der Waals surface area contributed by atoms with Gasteiger partial charge in [0.05, 0.1) is 5.69 Å². The predicted octanol–water partition coefficient (Wildman–Crippen LogP) is 6.07. The average molecular weight is 481 g/mol. The quantitative estimate of drug-likeness (QED) is 0.333. The molecule has 4 rings (SSSR count). The van der Waals surface area contributed by atoms with Crippen LogP contribution in [0.4, 0.5) is 5.95 Å². The molecule has 1 heterocycles. The number of anilines is 1. The van der Waals surface area contributed by atoms with Crippen molar-refractivity contribution in [1.82, 2.24) is 14.5 Å². The summed E-state index contributed by atoms with van der Waals surface area (Å²) in [4.78, 5) is 32.5. The van der Waals surface area contributed by atoms with E-state index in [4.69, 9.17) is 4.98 Å². The van der Waals surface area contributed by atoms with E-state index in [0.717, 1.165) is 22.5 Å². The second-order valence-electron chi connectivity index (χ2n) is 9.11. The molecule has 6 nitrogen and oxygen atoms in total. The van der Waals surface area contributed by atoms with Crippen molar-refractivity contribution in [3.8, 4) is 16.9 Å². The van der Waals surface area contributed by atoms with Crippen LogP contribution < -0.4 is 5.32 Å². The van der Waals surface area contributed by atoms with Gasteiger partial charge in [-0.25, -0.2) is 4.98 Å². The summed E-state index contributed by atoms with van der Waals surface area (Å²) in [7, 11) is 0. The first kappa shape index (κ1) is 24.9. The van der Waals surface area contributed by atoms with Crippen LogP contribution in [0.5, 0.6) is 0 Å².